The molecule has 3 aromatic carbocycles. The van der Waals surface area contributed by atoms with Gasteiger partial charge in [0.2, 0.25) is 0 Å². The maximum absolute atomic E-state index is 9.25. The molecule has 3 rings (SSSR count). The second kappa shape index (κ2) is 5.64. The topological polar surface area (TPSA) is 23.8 Å². The third-order valence-electron chi connectivity index (χ3n) is 3.57. The Morgan fingerprint density at radius 2 is 1.38 bits per heavy atom. The minimum absolute atomic E-state index is 0.707. The summed E-state index contributed by atoms with van der Waals surface area (Å²) < 4.78 is 0. The molecule has 0 amide bonds. The highest BCUT2D eigenvalue weighted by molar-refractivity contribution is 5.76. The average molecular weight is 269 g/mol. The fraction of sp³-hybridized carbons (Fsp3) is 0.0500. The Hall–Kier alpha value is -2.85. The zero-order valence-electron chi connectivity index (χ0n) is 11.9. The lowest BCUT2D eigenvalue weighted by molar-refractivity contribution is 1.46. The van der Waals surface area contributed by atoms with E-state index in [0.29, 0.717) is 5.56 Å². The molecule has 0 spiro atoms. The van der Waals surface area contributed by atoms with Crippen LogP contribution >= 0.6 is 0 Å². The Morgan fingerprint density at radius 3 is 2.14 bits per heavy atom. The summed E-state index contributed by atoms with van der Waals surface area (Å²) >= 11 is 0. The molecule has 21 heavy (non-hydrogen) atoms. The van der Waals surface area contributed by atoms with Crippen molar-refractivity contribution >= 4 is 0 Å². The molecular weight excluding hydrogens is 254 g/mol. The summed E-state index contributed by atoms with van der Waals surface area (Å²) in [4.78, 5) is 0. The van der Waals surface area contributed by atoms with Crippen LogP contribution in [-0.2, 0) is 0 Å². The quantitative estimate of drug-likeness (QED) is 0.627. The molecule has 1 heteroatoms. The van der Waals surface area contributed by atoms with Crippen molar-refractivity contribution in [2.45, 2.75) is 6.92 Å². The van der Waals surface area contributed by atoms with E-state index in [9.17, 15) is 5.26 Å². The van der Waals surface area contributed by atoms with Gasteiger partial charge in [0, 0.05) is 0 Å². The average Bonchev–Trinajstić information content (AvgIpc) is 2.55. The Morgan fingerprint density at radius 1 is 0.714 bits per heavy atom. The van der Waals surface area contributed by atoms with Crippen LogP contribution in [0.5, 0.6) is 0 Å². The SMILES string of the molecule is Cc1cccc(-c2cccc(-c3ccccc3C#N)c2)c1. The number of aryl methyl sites for hydroxylation is 1. The fourth-order valence-corrected chi connectivity index (χ4v) is 2.52. The van der Waals surface area contributed by atoms with Gasteiger partial charge < -0.3 is 0 Å². The molecule has 0 aliphatic rings. The van der Waals surface area contributed by atoms with E-state index in [-0.39, 0.29) is 0 Å². The van der Waals surface area contributed by atoms with Crippen molar-refractivity contribution in [3.05, 3.63) is 83.9 Å². The first-order valence-electron chi connectivity index (χ1n) is 6.94. The van der Waals surface area contributed by atoms with Crippen molar-refractivity contribution in [3.63, 3.8) is 0 Å². The molecular formula is C20H15N. The lowest BCUT2D eigenvalue weighted by Crippen LogP contribution is -1.85. The van der Waals surface area contributed by atoms with Crippen molar-refractivity contribution in [3.8, 4) is 28.3 Å². The van der Waals surface area contributed by atoms with Crippen LogP contribution in [0.1, 0.15) is 11.1 Å². The normalized spacial score (nSPS) is 10.1. The zero-order chi connectivity index (χ0) is 14.7. The molecule has 100 valence electrons. The van der Waals surface area contributed by atoms with Gasteiger partial charge in [-0.3, -0.25) is 0 Å². The third kappa shape index (κ3) is 2.70. The molecule has 0 heterocycles. The molecule has 0 aliphatic carbocycles. The van der Waals surface area contributed by atoms with Gasteiger partial charge >= 0.3 is 0 Å². The number of rotatable bonds is 2. The van der Waals surface area contributed by atoms with Crippen LogP contribution in [-0.4, -0.2) is 0 Å². The highest BCUT2D eigenvalue weighted by atomic mass is 14.2. The highest BCUT2D eigenvalue weighted by Gasteiger charge is 2.05. The summed E-state index contributed by atoms with van der Waals surface area (Å²) in [6, 6.07) is 26.8. The van der Waals surface area contributed by atoms with Crippen molar-refractivity contribution in [2.75, 3.05) is 0 Å². The molecule has 0 atom stereocenters. The highest BCUT2D eigenvalue weighted by Crippen LogP contribution is 2.28. The lowest BCUT2D eigenvalue weighted by Gasteiger charge is -2.08. The van der Waals surface area contributed by atoms with Gasteiger partial charge in [-0.15, -0.1) is 0 Å². The van der Waals surface area contributed by atoms with Gasteiger partial charge in [-0.1, -0.05) is 66.2 Å². The van der Waals surface area contributed by atoms with Crippen molar-refractivity contribution in [1.82, 2.24) is 0 Å². The fourth-order valence-electron chi connectivity index (χ4n) is 2.52. The van der Waals surface area contributed by atoms with E-state index in [4.69, 9.17) is 0 Å². The number of hydrogen-bond acceptors (Lipinski definition) is 1. The van der Waals surface area contributed by atoms with Crippen molar-refractivity contribution < 1.29 is 0 Å². The van der Waals surface area contributed by atoms with E-state index >= 15 is 0 Å². The van der Waals surface area contributed by atoms with Gasteiger partial charge in [-0.05, 0) is 41.3 Å². The Labute approximate surface area is 125 Å². The molecule has 0 N–H and O–H groups in total. The number of nitrogens with zero attached hydrogens (tertiary/aromatic N) is 1. The smallest absolute Gasteiger partial charge is 0.0998 e. The molecule has 0 aromatic heterocycles. The molecule has 0 saturated heterocycles. The monoisotopic (exact) mass is 269 g/mol. The Kier molecular flexibility index (Phi) is 3.53. The summed E-state index contributed by atoms with van der Waals surface area (Å²) in [6.45, 7) is 2.10. The van der Waals surface area contributed by atoms with E-state index < -0.39 is 0 Å². The Balaban J connectivity index is 2.11. The summed E-state index contributed by atoms with van der Waals surface area (Å²) in [6.07, 6.45) is 0. The van der Waals surface area contributed by atoms with Crippen LogP contribution in [0.15, 0.2) is 72.8 Å². The summed E-state index contributed by atoms with van der Waals surface area (Å²) in [5.74, 6) is 0. The van der Waals surface area contributed by atoms with Crippen LogP contribution in [0.2, 0.25) is 0 Å². The molecule has 0 fully saturated rings. The zero-order valence-corrected chi connectivity index (χ0v) is 11.9. The number of nitriles is 1. The number of benzene rings is 3. The largest absolute Gasteiger partial charge is 0.192 e. The van der Waals surface area contributed by atoms with Crippen LogP contribution in [0.4, 0.5) is 0 Å². The predicted octanol–water partition coefficient (Wildman–Crippen LogP) is 5.20. The summed E-state index contributed by atoms with van der Waals surface area (Å²) in [7, 11) is 0. The van der Waals surface area contributed by atoms with E-state index in [2.05, 4.69) is 55.5 Å². The van der Waals surface area contributed by atoms with Gasteiger partial charge in [0.25, 0.3) is 0 Å². The van der Waals surface area contributed by atoms with Gasteiger partial charge in [-0.2, -0.15) is 5.26 Å². The third-order valence-corrected chi connectivity index (χ3v) is 3.57. The number of hydrogen-bond donors (Lipinski definition) is 0. The van der Waals surface area contributed by atoms with E-state index in [0.717, 1.165) is 11.1 Å². The maximum atomic E-state index is 9.25. The van der Waals surface area contributed by atoms with E-state index in [1.54, 1.807) is 0 Å². The van der Waals surface area contributed by atoms with Crippen molar-refractivity contribution in [2.24, 2.45) is 0 Å². The summed E-state index contributed by atoms with van der Waals surface area (Å²) in [5.41, 5.74) is 6.38. The minimum Gasteiger partial charge on any atom is -0.192 e. The molecule has 0 unspecified atom stereocenters. The minimum atomic E-state index is 0.707. The molecule has 0 radical (unpaired) electrons. The molecule has 0 bridgehead atoms. The first-order valence-corrected chi connectivity index (χ1v) is 6.94. The molecule has 1 nitrogen and oxygen atoms in total. The molecule has 0 aliphatic heterocycles. The van der Waals surface area contributed by atoms with Crippen LogP contribution in [0.3, 0.4) is 0 Å². The lowest BCUT2D eigenvalue weighted by atomic mass is 9.96. The predicted molar refractivity (Wildman–Crippen MR) is 86.8 cm³/mol. The molecule has 3 aromatic rings. The van der Waals surface area contributed by atoms with E-state index in [1.807, 2.05) is 30.3 Å². The maximum Gasteiger partial charge on any atom is 0.0998 e. The van der Waals surface area contributed by atoms with Gasteiger partial charge in [-0.25, -0.2) is 0 Å². The van der Waals surface area contributed by atoms with Crippen LogP contribution < -0.4 is 0 Å². The van der Waals surface area contributed by atoms with Crippen LogP contribution in [0.25, 0.3) is 22.3 Å². The second-order valence-corrected chi connectivity index (χ2v) is 5.11. The van der Waals surface area contributed by atoms with Crippen molar-refractivity contribution in [1.29, 1.82) is 5.26 Å². The van der Waals surface area contributed by atoms with Crippen LogP contribution in [0, 0.1) is 18.3 Å². The summed E-state index contributed by atoms with van der Waals surface area (Å²) in [5, 5.41) is 9.25. The van der Waals surface area contributed by atoms with Gasteiger partial charge in [0.05, 0.1) is 11.6 Å². The first kappa shape index (κ1) is 13.1. The first-order chi connectivity index (χ1) is 10.3. The van der Waals surface area contributed by atoms with Gasteiger partial charge in [0.15, 0.2) is 0 Å². The van der Waals surface area contributed by atoms with Gasteiger partial charge in [0.1, 0.15) is 0 Å². The standard InChI is InChI=1S/C20H15N/c1-15-6-4-8-16(12-15)17-9-5-10-18(13-17)20-11-3-2-7-19(20)14-21/h2-13H,1H3. The second-order valence-electron chi connectivity index (χ2n) is 5.11. The Bertz CT molecular complexity index is 825. The van der Waals surface area contributed by atoms with E-state index in [1.165, 1.54) is 16.7 Å². The molecule has 0 saturated carbocycles.